The van der Waals surface area contributed by atoms with Crippen molar-refractivity contribution in [2.75, 3.05) is 0 Å². The van der Waals surface area contributed by atoms with Crippen LogP contribution in [0.15, 0.2) is 40.9 Å². The molecule has 0 saturated heterocycles. The Kier molecular flexibility index (Phi) is 3.02. The highest BCUT2D eigenvalue weighted by molar-refractivity contribution is 5.66. The summed E-state index contributed by atoms with van der Waals surface area (Å²) in [5.74, 6) is -2.27. The van der Waals surface area contributed by atoms with Gasteiger partial charge in [0.15, 0.2) is 11.6 Å². The highest BCUT2D eigenvalue weighted by Gasteiger charge is 2.15. The van der Waals surface area contributed by atoms with Crippen LogP contribution in [0.3, 0.4) is 0 Å². The molecule has 7 heteroatoms. The molecule has 1 heterocycles. The molecule has 5 nitrogen and oxygen atoms in total. The van der Waals surface area contributed by atoms with Crippen molar-refractivity contribution in [3.8, 4) is 34.3 Å². The lowest BCUT2D eigenvalue weighted by Crippen LogP contribution is -1.87. The Morgan fingerprint density at radius 3 is 2.52 bits per heavy atom. The average Bonchev–Trinajstić information content (AvgIpc) is 2.94. The molecule has 0 saturated carbocycles. The molecular weight excluding hydrogens is 282 g/mol. The number of hydrogen-bond acceptors (Lipinski definition) is 5. The second-order valence-corrected chi connectivity index (χ2v) is 4.25. The van der Waals surface area contributed by atoms with Crippen molar-refractivity contribution >= 4 is 0 Å². The first-order chi connectivity index (χ1) is 10.0. The van der Waals surface area contributed by atoms with E-state index in [0.717, 1.165) is 12.1 Å². The predicted molar refractivity (Wildman–Crippen MR) is 68.4 cm³/mol. The van der Waals surface area contributed by atoms with Gasteiger partial charge in [0.05, 0.1) is 5.56 Å². The minimum atomic E-state index is -1.03. The molecule has 0 aliphatic heterocycles. The smallest absolute Gasteiger partial charge is 0.262 e. The average molecular weight is 290 g/mol. The van der Waals surface area contributed by atoms with Gasteiger partial charge in [0, 0.05) is 5.56 Å². The van der Waals surface area contributed by atoms with E-state index in [1.807, 2.05) is 0 Å². The van der Waals surface area contributed by atoms with Crippen molar-refractivity contribution in [1.29, 1.82) is 0 Å². The standard InChI is InChI=1S/C14H8F2N2O3/c15-10-3-1-7(5-11(10)16)13-17-14(21-18-13)9-6-8(19)2-4-12(9)20/h1-6,19-20H. The zero-order valence-electron chi connectivity index (χ0n) is 10.4. The fraction of sp³-hybridized carbons (Fsp3) is 0. The molecule has 0 aliphatic rings. The lowest BCUT2D eigenvalue weighted by atomic mass is 10.2. The van der Waals surface area contributed by atoms with Crippen LogP contribution in [0, 0.1) is 11.6 Å². The van der Waals surface area contributed by atoms with Gasteiger partial charge in [-0.3, -0.25) is 0 Å². The van der Waals surface area contributed by atoms with Crippen LogP contribution in [-0.2, 0) is 0 Å². The first-order valence-electron chi connectivity index (χ1n) is 5.86. The van der Waals surface area contributed by atoms with Crippen LogP contribution in [0.25, 0.3) is 22.8 Å². The molecule has 0 spiro atoms. The molecule has 0 unspecified atom stereocenters. The number of aromatic nitrogens is 2. The lowest BCUT2D eigenvalue weighted by molar-refractivity contribution is 0.423. The van der Waals surface area contributed by atoms with E-state index >= 15 is 0 Å². The summed E-state index contributed by atoms with van der Waals surface area (Å²) >= 11 is 0. The summed E-state index contributed by atoms with van der Waals surface area (Å²) < 4.78 is 31.0. The molecule has 3 rings (SSSR count). The van der Waals surface area contributed by atoms with E-state index in [9.17, 15) is 19.0 Å². The van der Waals surface area contributed by atoms with Gasteiger partial charge in [-0.2, -0.15) is 4.98 Å². The third-order valence-corrected chi connectivity index (χ3v) is 2.81. The second-order valence-electron chi connectivity index (χ2n) is 4.25. The van der Waals surface area contributed by atoms with E-state index in [0.29, 0.717) is 0 Å². The van der Waals surface area contributed by atoms with Gasteiger partial charge in [0.2, 0.25) is 5.82 Å². The molecular formula is C14H8F2N2O3. The second kappa shape index (κ2) is 4.86. The van der Waals surface area contributed by atoms with E-state index in [2.05, 4.69) is 10.1 Å². The van der Waals surface area contributed by atoms with Gasteiger partial charge in [-0.05, 0) is 36.4 Å². The first kappa shape index (κ1) is 13.0. The van der Waals surface area contributed by atoms with Crippen molar-refractivity contribution in [2.24, 2.45) is 0 Å². The van der Waals surface area contributed by atoms with Crippen molar-refractivity contribution in [1.82, 2.24) is 10.1 Å². The zero-order chi connectivity index (χ0) is 15.0. The van der Waals surface area contributed by atoms with Gasteiger partial charge in [0.25, 0.3) is 5.89 Å². The fourth-order valence-corrected chi connectivity index (χ4v) is 1.78. The lowest BCUT2D eigenvalue weighted by Gasteiger charge is -1.99. The molecule has 1 aromatic heterocycles. The largest absolute Gasteiger partial charge is 0.508 e. The summed E-state index contributed by atoms with van der Waals surface area (Å²) in [5.41, 5.74) is 0.361. The number of nitrogens with zero attached hydrogens (tertiary/aromatic N) is 2. The summed E-state index contributed by atoms with van der Waals surface area (Å²) in [7, 11) is 0. The molecule has 0 atom stereocenters. The Labute approximate surface area is 117 Å². The van der Waals surface area contributed by atoms with Gasteiger partial charge in [-0.15, -0.1) is 0 Å². The Balaban J connectivity index is 2.03. The molecule has 0 bridgehead atoms. The normalized spacial score (nSPS) is 10.8. The number of aromatic hydroxyl groups is 2. The summed E-state index contributed by atoms with van der Waals surface area (Å²) in [5, 5.41) is 22.7. The maximum atomic E-state index is 13.2. The van der Waals surface area contributed by atoms with Gasteiger partial charge in [-0.1, -0.05) is 5.16 Å². The van der Waals surface area contributed by atoms with Crippen LogP contribution in [0.4, 0.5) is 8.78 Å². The minimum absolute atomic E-state index is 0.0339. The molecule has 106 valence electrons. The molecule has 0 radical (unpaired) electrons. The third-order valence-electron chi connectivity index (χ3n) is 2.81. The number of halogens is 2. The monoisotopic (exact) mass is 290 g/mol. The Morgan fingerprint density at radius 2 is 1.76 bits per heavy atom. The van der Waals surface area contributed by atoms with Crippen LogP contribution >= 0.6 is 0 Å². The van der Waals surface area contributed by atoms with Gasteiger partial charge >= 0.3 is 0 Å². The number of benzene rings is 2. The van der Waals surface area contributed by atoms with E-state index in [1.165, 1.54) is 24.3 Å². The van der Waals surface area contributed by atoms with Crippen LogP contribution in [-0.4, -0.2) is 20.4 Å². The Morgan fingerprint density at radius 1 is 0.952 bits per heavy atom. The zero-order valence-corrected chi connectivity index (χ0v) is 10.4. The summed E-state index contributed by atoms with van der Waals surface area (Å²) in [4.78, 5) is 3.99. The van der Waals surface area contributed by atoms with Crippen LogP contribution < -0.4 is 0 Å². The Bertz CT molecular complexity index is 818. The first-order valence-corrected chi connectivity index (χ1v) is 5.86. The molecule has 0 aliphatic carbocycles. The molecule has 21 heavy (non-hydrogen) atoms. The summed E-state index contributed by atoms with van der Waals surface area (Å²) in [6.45, 7) is 0. The van der Waals surface area contributed by atoms with Crippen molar-refractivity contribution in [2.45, 2.75) is 0 Å². The fourth-order valence-electron chi connectivity index (χ4n) is 1.78. The molecule has 0 amide bonds. The third kappa shape index (κ3) is 2.40. The van der Waals surface area contributed by atoms with Crippen LogP contribution in [0.5, 0.6) is 11.5 Å². The molecule has 3 aromatic rings. The summed E-state index contributed by atoms with van der Waals surface area (Å²) in [6, 6.07) is 7.00. The Hall–Kier alpha value is -2.96. The van der Waals surface area contributed by atoms with E-state index < -0.39 is 11.6 Å². The summed E-state index contributed by atoms with van der Waals surface area (Å²) in [6.07, 6.45) is 0. The van der Waals surface area contributed by atoms with Gasteiger partial charge < -0.3 is 14.7 Å². The quantitative estimate of drug-likeness (QED) is 0.709. The molecule has 0 fully saturated rings. The number of hydrogen-bond donors (Lipinski definition) is 2. The number of phenols is 2. The van der Waals surface area contributed by atoms with E-state index in [1.54, 1.807) is 0 Å². The van der Waals surface area contributed by atoms with Crippen LogP contribution in [0.1, 0.15) is 0 Å². The van der Waals surface area contributed by atoms with Gasteiger partial charge in [0.1, 0.15) is 11.5 Å². The number of rotatable bonds is 2. The highest BCUT2D eigenvalue weighted by Crippen LogP contribution is 2.32. The SMILES string of the molecule is Oc1ccc(O)c(-c2nc(-c3ccc(F)c(F)c3)no2)c1. The van der Waals surface area contributed by atoms with Gasteiger partial charge in [-0.25, -0.2) is 8.78 Å². The molecule has 2 aromatic carbocycles. The van der Waals surface area contributed by atoms with Crippen molar-refractivity contribution in [3.63, 3.8) is 0 Å². The highest BCUT2D eigenvalue weighted by atomic mass is 19.2. The topological polar surface area (TPSA) is 79.4 Å². The van der Waals surface area contributed by atoms with Crippen molar-refractivity contribution in [3.05, 3.63) is 48.0 Å². The van der Waals surface area contributed by atoms with Crippen molar-refractivity contribution < 1.29 is 23.5 Å². The van der Waals surface area contributed by atoms with E-state index in [4.69, 9.17) is 4.52 Å². The van der Waals surface area contributed by atoms with Crippen LogP contribution in [0.2, 0.25) is 0 Å². The minimum Gasteiger partial charge on any atom is -0.508 e. The predicted octanol–water partition coefficient (Wildman–Crippen LogP) is 3.09. The maximum absolute atomic E-state index is 13.2. The van der Waals surface area contributed by atoms with E-state index in [-0.39, 0.29) is 34.3 Å². The molecule has 2 N–H and O–H groups in total. The maximum Gasteiger partial charge on any atom is 0.262 e. The number of phenolic OH excluding ortho intramolecular Hbond substituents is 2.